The number of aromatic nitrogens is 1. The molecule has 1 saturated heterocycles. The highest BCUT2D eigenvalue weighted by Crippen LogP contribution is 2.31. The Morgan fingerprint density at radius 2 is 1.82 bits per heavy atom. The number of carbonyl (C=O) groups excluding carboxylic acids is 1. The Hall–Kier alpha value is -3.28. The quantitative estimate of drug-likeness (QED) is 0.331. The van der Waals surface area contributed by atoms with Crippen molar-refractivity contribution in [3.8, 4) is 0 Å². The fourth-order valence-electron chi connectivity index (χ4n) is 3.84. The minimum absolute atomic E-state index is 0.128. The minimum Gasteiger partial charge on any atom is -0.342 e. The van der Waals surface area contributed by atoms with Crippen molar-refractivity contribution in [3.05, 3.63) is 105 Å². The third-order valence-corrected chi connectivity index (χ3v) is 6.91. The van der Waals surface area contributed by atoms with E-state index in [1.807, 2.05) is 60.7 Å². The van der Waals surface area contributed by atoms with Gasteiger partial charge >= 0.3 is 0 Å². The Bertz CT molecular complexity index is 1430. The molecule has 0 spiro atoms. The van der Waals surface area contributed by atoms with Gasteiger partial charge in [0.25, 0.3) is 5.91 Å². The Morgan fingerprint density at radius 3 is 2.61 bits per heavy atom. The number of nitrogens with zero attached hydrogens (tertiary/aromatic N) is 2. The first kappa shape index (κ1) is 21.6. The number of fused-ring (bicyclic) bond motifs is 1. The number of nitrogens with one attached hydrogen (secondary N) is 1. The van der Waals surface area contributed by atoms with Gasteiger partial charge in [-0.15, -0.1) is 0 Å². The molecule has 0 unspecified atom stereocenters. The van der Waals surface area contributed by atoms with Gasteiger partial charge in [-0.05, 0) is 78.7 Å². The number of amides is 1. The summed E-state index contributed by atoms with van der Waals surface area (Å²) in [5.41, 5.74) is 6.52. The highest BCUT2D eigenvalue weighted by Gasteiger charge is 2.24. The molecule has 33 heavy (non-hydrogen) atoms. The minimum atomic E-state index is -0.128. The van der Waals surface area contributed by atoms with Crippen LogP contribution in [-0.4, -0.2) is 15.6 Å². The van der Waals surface area contributed by atoms with Gasteiger partial charge in [0.05, 0.1) is 10.6 Å². The van der Waals surface area contributed by atoms with Crippen molar-refractivity contribution in [1.82, 2.24) is 9.88 Å². The van der Waals surface area contributed by atoms with E-state index in [0.29, 0.717) is 10.1 Å². The predicted molar refractivity (Wildman–Crippen MR) is 139 cm³/mol. The van der Waals surface area contributed by atoms with E-state index < -0.39 is 0 Å². The zero-order chi connectivity index (χ0) is 22.9. The van der Waals surface area contributed by atoms with Crippen LogP contribution in [-0.2, 0) is 11.3 Å². The van der Waals surface area contributed by atoms with Crippen molar-refractivity contribution in [2.75, 3.05) is 0 Å². The van der Waals surface area contributed by atoms with Crippen LogP contribution in [0.2, 0.25) is 5.02 Å². The zero-order valence-corrected chi connectivity index (χ0v) is 19.9. The fraction of sp³-hybridized carbons (Fsp3) is 0.111. The Morgan fingerprint density at radius 1 is 1.03 bits per heavy atom. The zero-order valence-electron chi connectivity index (χ0n) is 18.3. The number of aryl methyl sites for hydroxylation is 2. The highest BCUT2D eigenvalue weighted by atomic mass is 35.5. The van der Waals surface area contributed by atoms with E-state index in [1.165, 1.54) is 22.9 Å². The van der Waals surface area contributed by atoms with Gasteiger partial charge in [-0.2, -0.15) is 0 Å². The van der Waals surface area contributed by atoms with Crippen LogP contribution in [0, 0.1) is 13.8 Å². The monoisotopic (exact) mass is 471 g/mol. The second-order valence-corrected chi connectivity index (χ2v) is 9.57. The largest absolute Gasteiger partial charge is 0.342 e. The molecule has 6 heteroatoms. The van der Waals surface area contributed by atoms with Crippen LogP contribution in [0.1, 0.15) is 22.3 Å². The average molecular weight is 472 g/mol. The molecule has 5 rings (SSSR count). The van der Waals surface area contributed by atoms with Crippen molar-refractivity contribution in [2.45, 2.75) is 20.4 Å². The van der Waals surface area contributed by atoms with Crippen molar-refractivity contribution >= 4 is 57.1 Å². The Labute approximate surface area is 202 Å². The van der Waals surface area contributed by atoms with E-state index in [9.17, 15) is 4.79 Å². The molecule has 0 saturated carbocycles. The van der Waals surface area contributed by atoms with E-state index in [0.717, 1.165) is 39.3 Å². The van der Waals surface area contributed by atoms with Gasteiger partial charge in [0, 0.05) is 34.2 Å². The lowest BCUT2D eigenvalue weighted by Crippen LogP contribution is -2.19. The van der Waals surface area contributed by atoms with E-state index in [4.69, 9.17) is 11.6 Å². The number of hydrogen-bond acceptors (Lipinski definition) is 3. The number of rotatable bonds is 4. The van der Waals surface area contributed by atoms with Gasteiger partial charge in [-0.25, -0.2) is 4.99 Å². The molecule has 1 aliphatic rings. The van der Waals surface area contributed by atoms with Gasteiger partial charge in [-0.3, -0.25) is 4.79 Å². The number of thioether (sulfide) groups is 1. The van der Waals surface area contributed by atoms with Gasteiger partial charge in [0.2, 0.25) is 0 Å². The summed E-state index contributed by atoms with van der Waals surface area (Å²) >= 11 is 7.40. The molecular formula is C27H22ClN3OS. The number of benzene rings is 3. The second kappa shape index (κ2) is 8.93. The van der Waals surface area contributed by atoms with Crippen LogP contribution in [0.3, 0.4) is 0 Å². The first-order chi connectivity index (χ1) is 16.0. The smallest absolute Gasteiger partial charge is 0.264 e. The van der Waals surface area contributed by atoms with Crippen LogP contribution in [0.5, 0.6) is 0 Å². The summed E-state index contributed by atoms with van der Waals surface area (Å²) in [6.45, 7) is 4.85. The summed E-state index contributed by atoms with van der Waals surface area (Å²) < 4.78 is 2.20. The molecule has 1 amide bonds. The average Bonchev–Trinajstić information content (AvgIpc) is 3.32. The molecule has 2 heterocycles. The van der Waals surface area contributed by atoms with Crippen molar-refractivity contribution in [2.24, 2.45) is 4.99 Å². The lowest BCUT2D eigenvalue weighted by molar-refractivity contribution is -0.115. The van der Waals surface area contributed by atoms with Gasteiger partial charge in [-0.1, -0.05) is 48.0 Å². The van der Waals surface area contributed by atoms with E-state index in [1.54, 1.807) is 0 Å². The third kappa shape index (κ3) is 4.61. The van der Waals surface area contributed by atoms with Crippen molar-refractivity contribution < 1.29 is 4.79 Å². The molecular weight excluding hydrogens is 450 g/mol. The normalized spacial score (nSPS) is 16.2. The van der Waals surface area contributed by atoms with Crippen LogP contribution in [0.4, 0.5) is 5.69 Å². The molecule has 0 bridgehead atoms. The summed E-state index contributed by atoms with van der Waals surface area (Å²) in [6, 6.07) is 22.1. The van der Waals surface area contributed by atoms with Gasteiger partial charge < -0.3 is 9.88 Å². The topological polar surface area (TPSA) is 46.4 Å². The van der Waals surface area contributed by atoms with Gasteiger partial charge in [0.15, 0.2) is 5.17 Å². The summed E-state index contributed by atoms with van der Waals surface area (Å²) in [7, 11) is 0. The number of para-hydroxylation sites is 1. The van der Waals surface area contributed by atoms with Crippen molar-refractivity contribution in [3.63, 3.8) is 0 Å². The maximum Gasteiger partial charge on any atom is 0.264 e. The highest BCUT2D eigenvalue weighted by molar-refractivity contribution is 8.18. The molecule has 1 aliphatic heterocycles. The number of halogens is 1. The Kier molecular flexibility index (Phi) is 5.83. The molecule has 4 nitrogen and oxygen atoms in total. The third-order valence-electron chi connectivity index (χ3n) is 5.74. The van der Waals surface area contributed by atoms with Crippen molar-refractivity contribution in [1.29, 1.82) is 0 Å². The number of hydrogen-bond donors (Lipinski definition) is 1. The molecule has 0 radical (unpaired) electrons. The standard InChI is InChI=1S/C27H22ClN3OS/c1-17-7-12-22(13-18(17)2)29-27-30-26(32)25(33-27)14-20-16-31(24-6-4-3-5-23(20)24)15-19-8-10-21(28)11-9-19/h3-14,16H,15H2,1-2H3,(H,29,30,32)/b25-14-. The molecule has 1 N–H and O–H groups in total. The van der Waals surface area contributed by atoms with Crippen LogP contribution < -0.4 is 5.32 Å². The Balaban J connectivity index is 1.46. The first-order valence-electron chi connectivity index (χ1n) is 10.7. The molecule has 4 aromatic rings. The summed E-state index contributed by atoms with van der Waals surface area (Å²) in [5, 5.41) is 5.32. The lowest BCUT2D eigenvalue weighted by atomic mass is 10.1. The molecule has 1 aromatic heterocycles. The van der Waals surface area contributed by atoms with E-state index >= 15 is 0 Å². The summed E-state index contributed by atoms with van der Waals surface area (Å²) in [6.07, 6.45) is 4.04. The molecule has 3 aromatic carbocycles. The van der Waals surface area contributed by atoms with Crippen LogP contribution in [0.25, 0.3) is 17.0 Å². The number of amidine groups is 1. The molecule has 1 fully saturated rings. The maximum absolute atomic E-state index is 12.7. The molecule has 0 atom stereocenters. The number of aliphatic imine (C=N–C) groups is 1. The summed E-state index contributed by atoms with van der Waals surface area (Å²) in [5.74, 6) is -0.128. The summed E-state index contributed by atoms with van der Waals surface area (Å²) in [4.78, 5) is 17.9. The van der Waals surface area contributed by atoms with Crippen LogP contribution >= 0.6 is 23.4 Å². The second-order valence-electron chi connectivity index (χ2n) is 8.11. The molecule has 164 valence electrons. The van der Waals surface area contributed by atoms with E-state index in [-0.39, 0.29) is 5.91 Å². The van der Waals surface area contributed by atoms with E-state index in [2.05, 4.69) is 47.1 Å². The first-order valence-corrected chi connectivity index (χ1v) is 11.8. The lowest BCUT2D eigenvalue weighted by Gasteiger charge is -2.05. The molecule has 0 aliphatic carbocycles. The maximum atomic E-state index is 12.7. The SMILES string of the molecule is Cc1ccc(N=C2NC(=O)/C(=C/c3cn(Cc4ccc(Cl)cc4)c4ccccc34)S2)cc1C. The number of carbonyl (C=O) groups is 1. The predicted octanol–water partition coefficient (Wildman–Crippen LogP) is 6.85. The fourth-order valence-corrected chi connectivity index (χ4v) is 4.80. The van der Waals surface area contributed by atoms with Gasteiger partial charge in [0.1, 0.15) is 0 Å². The van der Waals surface area contributed by atoms with Crippen LogP contribution in [0.15, 0.2) is 82.8 Å².